The Hall–Kier alpha value is -2.68. The van der Waals surface area contributed by atoms with Gasteiger partial charge in [0.15, 0.2) is 0 Å². The van der Waals surface area contributed by atoms with Crippen molar-refractivity contribution in [1.82, 2.24) is 15.2 Å². The molecule has 6 heteroatoms. The third-order valence-corrected chi connectivity index (χ3v) is 3.02. The van der Waals surface area contributed by atoms with Gasteiger partial charge < -0.3 is 4.90 Å². The molecular formula is C14H14N4O2. The summed E-state index contributed by atoms with van der Waals surface area (Å²) in [5, 5.41) is 16.2. The number of aromatic nitrogens is 2. The fraction of sp³-hybridized carbons (Fsp3) is 0.286. The van der Waals surface area contributed by atoms with Crippen molar-refractivity contribution >= 4 is 5.91 Å². The first kappa shape index (κ1) is 13.7. The summed E-state index contributed by atoms with van der Waals surface area (Å²) < 4.78 is 4.63. The first-order valence-electron chi connectivity index (χ1n) is 6.23. The number of nitriles is 1. The van der Waals surface area contributed by atoms with E-state index < -0.39 is 0 Å². The zero-order valence-electron chi connectivity index (χ0n) is 11.3. The maximum Gasteiger partial charge on any atom is 0.254 e. The summed E-state index contributed by atoms with van der Waals surface area (Å²) >= 11 is 0. The Morgan fingerprint density at radius 1 is 1.35 bits per heavy atom. The molecule has 0 radical (unpaired) electrons. The topological polar surface area (TPSA) is 83.0 Å². The molecule has 20 heavy (non-hydrogen) atoms. The third kappa shape index (κ3) is 2.83. The highest BCUT2D eigenvalue weighted by atomic mass is 16.6. The van der Waals surface area contributed by atoms with Crippen molar-refractivity contribution in [3.05, 3.63) is 46.8 Å². The second-order valence-corrected chi connectivity index (χ2v) is 4.30. The summed E-state index contributed by atoms with van der Waals surface area (Å²) in [6.07, 6.45) is 0. The Balaban J connectivity index is 2.16. The molecule has 6 nitrogen and oxygen atoms in total. The number of hydrogen-bond acceptors (Lipinski definition) is 5. The van der Waals surface area contributed by atoms with Gasteiger partial charge in [-0.25, -0.2) is 4.63 Å². The molecule has 2 rings (SSSR count). The van der Waals surface area contributed by atoms with E-state index in [9.17, 15) is 4.79 Å². The smallest absolute Gasteiger partial charge is 0.254 e. The van der Waals surface area contributed by atoms with Crippen LogP contribution in [0.2, 0.25) is 0 Å². The van der Waals surface area contributed by atoms with Crippen molar-refractivity contribution in [2.45, 2.75) is 20.4 Å². The standard InChI is InChI=1S/C14H14N4O2/c1-3-18(9-13-10(2)16-20-17-13)14(19)12-6-4-11(8-15)5-7-12/h4-7H,3,9H2,1-2H3. The second-order valence-electron chi connectivity index (χ2n) is 4.30. The number of hydrogen-bond donors (Lipinski definition) is 0. The summed E-state index contributed by atoms with van der Waals surface area (Å²) in [5.74, 6) is -0.112. The minimum atomic E-state index is -0.112. The first-order chi connectivity index (χ1) is 9.65. The molecule has 0 saturated heterocycles. The Bertz CT molecular complexity index is 640. The van der Waals surface area contributed by atoms with Gasteiger partial charge in [-0.3, -0.25) is 4.79 Å². The van der Waals surface area contributed by atoms with Gasteiger partial charge in [0, 0.05) is 12.1 Å². The van der Waals surface area contributed by atoms with E-state index in [0.29, 0.717) is 35.6 Å². The van der Waals surface area contributed by atoms with Crippen molar-refractivity contribution in [3.8, 4) is 6.07 Å². The third-order valence-electron chi connectivity index (χ3n) is 3.02. The van der Waals surface area contributed by atoms with Crippen molar-refractivity contribution in [2.75, 3.05) is 6.54 Å². The van der Waals surface area contributed by atoms with E-state index >= 15 is 0 Å². The van der Waals surface area contributed by atoms with E-state index in [1.54, 1.807) is 36.1 Å². The molecule has 0 fully saturated rings. The lowest BCUT2D eigenvalue weighted by Crippen LogP contribution is -2.30. The van der Waals surface area contributed by atoms with Crippen LogP contribution in [0.15, 0.2) is 28.9 Å². The number of aryl methyl sites for hydroxylation is 1. The van der Waals surface area contributed by atoms with Gasteiger partial charge in [-0.2, -0.15) is 5.26 Å². The Labute approximate surface area is 116 Å². The highest BCUT2D eigenvalue weighted by Gasteiger charge is 2.17. The molecule has 0 aliphatic carbocycles. The van der Waals surface area contributed by atoms with E-state index in [-0.39, 0.29) is 5.91 Å². The van der Waals surface area contributed by atoms with Crippen LogP contribution >= 0.6 is 0 Å². The summed E-state index contributed by atoms with van der Waals surface area (Å²) in [5.41, 5.74) is 2.39. The molecule has 1 aromatic heterocycles. The predicted octanol–water partition coefficient (Wildman–Crippen LogP) is 1.91. The van der Waals surface area contributed by atoms with Crippen LogP contribution < -0.4 is 0 Å². The molecule has 0 spiro atoms. The Morgan fingerprint density at radius 2 is 2.05 bits per heavy atom. The molecule has 0 aliphatic rings. The van der Waals surface area contributed by atoms with E-state index in [1.807, 2.05) is 13.0 Å². The minimum absolute atomic E-state index is 0.112. The highest BCUT2D eigenvalue weighted by Crippen LogP contribution is 2.11. The molecule has 1 amide bonds. The number of benzene rings is 1. The Morgan fingerprint density at radius 3 is 2.55 bits per heavy atom. The largest absolute Gasteiger partial charge is 0.333 e. The average molecular weight is 270 g/mol. The van der Waals surface area contributed by atoms with Gasteiger partial charge in [-0.15, -0.1) is 0 Å². The van der Waals surface area contributed by atoms with Gasteiger partial charge >= 0.3 is 0 Å². The fourth-order valence-corrected chi connectivity index (χ4v) is 1.77. The number of nitrogens with zero attached hydrogens (tertiary/aromatic N) is 4. The minimum Gasteiger partial charge on any atom is -0.333 e. The zero-order chi connectivity index (χ0) is 14.5. The lowest BCUT2D eigenvalue weighted by molar-refractivity contribution is 0.0748. The quantitative estimate of drug-likeness (QED) is 0.847. The number of amides is 1. The molecular weight excluding hydrogens is 256 g/mol. The zero-order valence-corrected chi connectivity index (χ0v) is 11.3. The number of carbonyl (C=O) groups is 1. The van der Waals surface area contributed by atoms with Crippen LogP contribution in [0.25, 0.3) is 0 Å². The maximum atomic E-state index is 12.4. The van der Waals surface area contributed by atoms with Crippen LogP contribution in [0.5, 0.6) is 0 Å². The highest BCUT2D eigenvalue weighted by molar-refractivity contribution is 5.94. The van der Waals surface area contributed by atoms with Crippen LogP contribution in [0.3, 0.4) is 0 Å². The summed E-state index contributed by atoms with van der Waals surface area (Å²) in [7, 11) is 0. The maximum absolute atomic E-state index is 12.4. The molecule has 0 bridgehead atoms. The van der Waals surface area contributed by atoms with Gasteiger partial charge in [0.05, 0.1) is 18.2 Å². The molecule has 0 aliphatic heterocycles. The molecule has 0 saturated carbocycles. The normalized spacial score (nSPS) is 10.1. The van der Waals surface area contributed by atoms with E-state index in [4.69, 9.17) is 5.26 Å². The molecule has 102 valence electrons. The van der Waals surface area contributed by atoms with E-state index in [1.165, 1.54) is 0 Å². The predicted molar refractivity (Wildman–Crippen MR) is 70.6 cm³/mol. The SMILES string of the molecule is CCN(Cc1nonc1C)C(=O)c1ccc(C#N)cc1. The molecule has 1 aromatic carbocycles. The lowest BCUT2D eigenvalue weighted by Gasteiger charge is -2.19. The molecule has 0 N–H and O–H groups in total. The van der Waals surface area contributed by atoms with Gasteiger partial charge in [0.25, 0.3) is 5.91 Å². The molecule has 1 heterocycles. The van der Waals surface area contributed by atoms with Crippen LogP contribution in [-0.2, 0) is 6.54 Å². The summed E-state index contributed by atoms with van der Waals surface area (Å²) in [6, 6.07) is 8.58. The monoisotopic (exact) mass is 270 g/mol. The second kappa shape index (κ2) is 5.97. The van der Waals surface area contributed by atoms with Crippen molar-refractivity contribution in [1.29, 1.82) is 5.26 Å². The lowest BCUT2D eigenvalue weighted by atomic mass is 10.1. The van der Waals surface area contributed by atoms with Crippen molar-refractivity contribution in [3.63, 3.8) is 0 Å². The van der Waals surface area contributed by atoms with E-state index in [2.05, 4.69) is 14.9 Å². The molecule has 0 unspecified atom stereocenters. The van der Waals surface area contributed by atoms with Crippen molar-refractivity contribution < 1.29 is 9.42 Å². The van der Waals surface area contributed by atoms with Crippen LogP contribution in [0.4, 0.5) is 0 Å². The fourth-order valence-electron chi connectivity index (χ4n) is 1.77. The van der Waals surface area contributed by atoms with Gasteiger partial charge in [-0.1, -0.05) is 10.3 Å². The van der Waals surface area contributed by atoms with E-state index in [0.717, 1.165) is 0 Å². The number of carbonyl (C=O) groups excluding carboxylic acids is 1. The van der Waals surface area contributed by atoms with Crippen molar-refractivity contribution in [2.24, 2.45) is 0 Å². The Kier molecular flexibility index (Phi) is 4.11. The average Bonchev–Trinajstić information content (AvgIpc) is 2.89. The number of rotatable bonds is 4. The van der Waals surface area contributed by atoms with Crippen LogP contribution in [0, 0.1) is 18.3 Å². The molecule has 0 atom stereocenters. The van der Waals surface area contributed by atoms with Gasteiger partial charge in [0.1, 0.15) is 11.4 Å². The van der Waals surface area contributed by atoms with Gasteiger partial charge in [0.2, 0.25) is 0 Å². The summed E-state index contributed by atoms with van der Waals surface area (Å²) in [6.45, 7) is 4.58. The van der Waals surface area contributed by atoms with Crippen LogP contribution in [-0.4, -0.2) is 27.7 Å². The van der Waals surface area contributed by atoms with Gasteiger partial charge in [-0.05, 0) is 38.1 Å². The molecule has 2 aromatic rings. The van der Waals surface area contributed by atoms with Crippen LogP contribution in [0.1, 0.15) is 34.2 Å². The summed E-state index contributed by atoms with van der Waals surface area (Å²) in [4.78, 5) is 14.0. The first-order valence-corrected chi connectivity index (χ1v) is 6.23.